The van der Waals surface area contributed by atoms with Crippen LogP contribution >= 0.6 is 11.6 Å². The molecule has 3 rings (SSSR count). The molecule has 0 aliphatic carbocycles. The summed E-state index contributed by atoms with van der Waals surface area (Å²) in [6.07, 6.45) is 1.42. The zero-order valence-electron chi connectivity index (χ0n) is 10.0. The molecule has 0 saturated heterocycles. The third-order valence-electron chi connectivity index (χ3n) is 2.52. The molecule has 0 radical (unpaired) electrons. The van der Waals surface area contributed by atoms with Crippen LogP contribution in [0.4, 0.5) is 5.69 Å². The number of aryl methyl sites for hydroxylation is 1. The first-order valence-electron chi connectivity index (χ1n) is 5.54. The Kier molecular flexibility index (Phi) is 2.72. The summed E-state index contributed by atoms with van der Waals surface area (Å²) in [5.74, 6) is 1.46. The van der Waals surface area contributed by atoms with E-state index in [9.17, 15) is 0 Å². The zero-order valence-corrected chi connectivity index (χ0v) is 10.8. The van der Waals surface area contributed by atoms with Crippen molar-refractivity contribution in [2.45, 2.75) is 6.92 Å². The average molecular weight is 276 g/mol. The Morgan fingerprint density at radius 1 is 1.32 bits per heavy atom. The predicted octanol–water partition coefficient (Wildman–Crippen LogP) is 2.46. The summed E-state index contributed by atoms with van der Waals surface area (Å²) in [7, 11) is 0. The fourth-order valence-corrected chi connectivity index (χ4v) is 1.91. The van der Waals surface area contributed by atoms with Crippen molar-refractivity contribution in [2.24, 2.45) is 0 Å². The maximum atomic E-state index is 6.08. The SMILES string of the molecule is Cc1cc(Oc2ccc(N)cc2Cl)n2ncnc2n1. The van der Waals surface area contributed by atoms with Crippen molar-refractivity contribution in [3.8, 4) is 11.6 Å². The molecule has 2 N–H and O–H groups in total. The van der Waals surface area contributed by atoms with Gasteiger partial charge in [0.15, 0.2) is 0 Å². The number of hydrogen-bond donors (Lipinski definition) is 1. The number of nitrogens with two attached hydrogens (primary N) is 1. The molecule has 0 saturated carbocycles. The lowest BCUT2D eigenvalue weighted by atomic mass is 10.3. The number of benzene rings is 1. The molecular formula is C12H10ClN5O. The molecule has 2 heterocycles. The van der Waals surface area contributed by atoms with Gasteiger partial charge in [-0.25, -0.2) is 4.98 Å². The third-order valence-corrected chi connectivity index (χ3v) is 2.81. The molecule has 0 aliphatic rings. The van der Waals surface area contributed by atoms with Crippen molar-refractivity contribution in [3.63, 3.8) is 0 Å². The summed E-state index contributed by atoms with van der Waals surface area (Å²) in [6, 6.07) is 6.81. The van der Waals surface area contributed by atoms with Crippen molar-refractivity contribution in [3.05, 3.63) is 41.3 Å². The average Bonchev–Trinajstić information content (AvgIpc) is 2.80. The molecule has 1 aromatic carbocycles. The van der Waals surface area contributed by atoms with Gasteiger partial charge in [0.2, 0.25) is 5.88 Å². The van der Waals surface area contributed by atoms with Gasteiger partial charge < -0.3 is 10.5 Å². The van der Waals surface area contributed by atoms with Gasteiger partial charge in [0.05, 0.1) is 5.02 Å². The Morgan fingerprint density at radius 2 is 2.16 bits per heavy atom. The molecule has 0 fully saturated rings. The van der Waals surface area contributed by atoms with Gasteiger partial charge in [0.25, 0.3) is 5.78 Å². The van der Waals surface area contributed by atoms with Crippen LogP contribution in [0.15, 0.2) is 30.6 Å². The maximum absolute atomic E-state index is 6.08. The largest absolute Gasteiger partial charge is 0.437 e. The number of rotatable bonds is 2. The van der Waals surface area contributed by atoms with Crippen LogP contribution in [0.5, 0.6) is 11.6 Å². The van der Waals surface area contributed by atoms with Crippen LogP contribution in [0, 0.1) is 6.92 Å². The van der Waals surface area contributed by atoms with E-state index in [1.54, 1.807) is 24.3 Å². The predicted molar refractivity (Wildman–Crippen MR) is 71.5 cm³/mol. The Hall–Kier alpha value is -2.34. The molecule has 0 aliphatic heterocycles. The zero-order chi connectivity index (χ0) is 13.4. The number of hydrogen-bond acceptors (Lipinski definition) is 5. The monoisotopic (exact) mass is 275 g/mol. The van der Waals surface area contributed by atoms with Crippen LogP contribution in [0.2, 0.25) is 5.02 Å². The Balaban J connectivity index is 2.07. The number of fused-ring (bicyclic) bond motifs is 1. The van der Waals surface area contributed by atoms with Crippen molar-refractivity contribution in [1.29, 1.82) is 0 Å². The summed E-state index contributed by atoms with van der Waals surface area (Å²) in [5.41, 5.74) is 7.00. The molecule has 0 atom stereocenters. The number of nitrogens with zero attached hydrogens (tertiary/aromatic N) is 4. The quantitative estimate of drug-likeness (QED) is 0.727. The van der Waals surface area contributed by atoms with Crippen LogP contribution in [-0.4, -0.2) is 19.6 Å². The van der Waals surface area contributed by atoms with E-state index >= 15 is 0 Å². The van der Waals surface area contributed by atoms with Crippen LogP contribution in [-0.2, 0) is 0 Å². The van der Waals surface area contributed by atoms with Gasteiger partial charge in [0.1, 0.15) is 12.1 Å². The minimum absolute atomic E-state index is 0.433. The minimum atomic E-state index is 0.433. The van der Waals surface area contributed by atoms with Crippen LogP contribution in [0.25, 0.3) is 5.78 Å². The van der Waals surface area contributed by atoms with E-state index in [2.05, 4.69) is 15.1 Å². The Bertz CT molecular complexity index is 755. The van der Waals surface area contributed by atoms with Crippen LogP contribution in [0.3, 0.4) is 0 Å². The first-order chi connectivity index (χ1) is 9.13. The lowest BCUT2D eigenvalue weighted by Crippen LogP contribution is -1.99. The molecular weight excluding hydrogens is 266 g/mol. The molecule has 6 nitrogen and oxygen atoms in total. The number of nitrogen functional groups attached to an aromatic ring is 1. The maximum Gasteiger partial charge on any atom is 0.255 e. The van der Waals surface area contributed by atoms with Crippen molar-refractivity contribution >= 4 is 23.1 Å². The van der Waals surface area contributed by atoms with Gasteiger partial charge in [-0.05, 0) is 25.1 Å². The number of anilines is 1. The second-order valence-corrected chi connectivity index (χ2v) is 4.41. The van der Waals surface area contributed by atoms with E-state index in [0.717, 1.165) is 5.69 Å². The fraction of sp³-hybridized carbons (Fsp3) is 0.0833. The highest BCUT2D eigenvalue weighted by Crippen LogP contribution is 2.30. The summed E-state index contributed by atoms with van der Waals surface area (Å²) in [6.45, 7) is 1.85. The van der Waals surface area contributed by atoms with E-state index in [-0.39, 0.29) is 0 Å². The van der Waals surface area contributed by atoms with Crippen molar-refractivity contribution < 1.29 is 4.74 Å². The van der Waals surface area contributed by atoms with Gasteiger partial charge in [-0.2, -0.15) is 14.6 Å². The Labute approximate surface area is 113 Å². The lowest BCUT2D eigenvalue weighted by Gasteiger charge is -2.09. The smallest absolute Gasteiger partial charge is 0.255 e. The van der Waals surface area contributed by atoms with Crippen molar-refractivity contribution in [2.75, 3.05) is 5.73 Å². The molecule has 0 unspecified atom stereocenters. The second kappa shape index (κ2) is 4.40. The summed E-state index contributed by atoms with van der Waals surface area (Å²) in [5, 5.41) is 4.49. The summed E-state index contributed by atoms with van der Waals surface area (Å²) >= 11 is 6.08. The number of halogens is 1. The van der Waals surface area contributed by atoms with E-state index in [4.69, 9.17) is 22.1 Å². The Morgan fingerprint density at radius 3 is 2.95 bits per heavy atom. The summed E-state index contributed by atoms with van der Waals surface area (Å²) in [4.78, 5) is 8.26. The minimum Gasteiger partial charge on any atom is -0.437 e. The van der Waals surface area contributed by atoms with Crippen LogP contribution < -0.4 is 10.5 Å². The van der Waals surface area contributed by atoms with E-state index in [1.807, 2.05) is 6.92 Å². The molecule has 7 heteroatoms. The molecule has 19 heavy (non-hydrogen) atoms. The van der Waals surface area contributed by atoms with Gasteiger partial charge in [-0.1, -0.05) is 11.6 Å². The highest BCUT2D eigenvalue weighted by Gasteiger charge is 2.10. The highest BCUT2D eigenvalue weighted by atomic mass is 35.5. The number of ether oxygens (including phenoxy) is 1. The second-order valence-electron chi connectivity index (χ2n) is 4.00. The molecule has 3 aromatic rings. The van der Waals surface area contributed by atoms with E-state index < -0.39 is 0 Å². The topological polar surface area (TPSA) is 78.3 Å². The van der Waals surface area contributed by atoms with Gasteiger partial charge >= 0.3 is 0 Å². The fourth-order valence-electron chi connectivity index (χ4n) is 1.68. The highest BCUT2D eigenvalue weighted by molar-refractivity contribution is 6.32. The van der Waals surface area contributed by atoms with Crippen molar-refractivity contribution in [1.82, 2.24) is 19.6 Å². The van der Waals surface area contributed by atoms with E-state index in [1.165, 1.54) is 10.8 Å². The van der Waals surface area contributed by atoms with Gasteiger partial charge in [-0.3, -0.25) is 0 Å². The third kappa shape index (κ3) is 2.17. The lowest BCUT2D eigenvalue weighted by molar-refractivity contribution is 0.445. The molecule has 0 spiro atoms. The molecule has 96 valence electrons. The number of aromatic nitrogens is 4. The summed E-state index contributed by atoms with van der Waals surface area (Å²) < 4.78 is 7.25. The van der Waals surface area contributed by atoms with Crippen LogP contribution in [0.1, 0.15) is 5.69 Å². The standard InChI is InChI=1S/C12H10ClN5O/c1-7-4-11(18-12(17-7)15-6-16-18)19-10-3-2-8(14)5-9(10)13/h2-6H,14H2,1H3. The first-order valence-corrected chi connectivity index (χ1v) is 5.91. The molecule has 2 aromatic heterocycles. The van der Waals surface area contributed by atoms with Gasteiger partial charge in [-0.15, -0.1) is 0 Å². The molecule has 0 amide bonds. The molecule has 0 bridgehead atoms. The normalized spacial score (nSPS) is 10.8. The first kappa shape index (κ1) is 11.7. The van der Waals surface area contributed by atoms with E-state index in [0.29, 0.717) is 28.1 Å². The van der Waals surface area contributed by atoms with Gasteiger partial charge in [0, 0.05) is 17.4 Å².